The van der Waals surface area contributed by atoms with Gasteiger partial charge in [0.25, 0.3) is 0 Å². The van der Waals surface area contributed by atoms with Gasteiger partial charge in [0.05, 0.1) is 6.54 Å². The molecule has 0 bridgehead atoms. The minimum absolute atomic E-state index is 0.315. The van der Waals surface area contributed by atoms with E-state index in [1.54, 1.807) is 12.7 Å². The molecule has 5 rings (SSSR count). The highest BCUT2D eigenvalue weighted by Crippen LogP contribution is 2.32. The van der Waals surface area contributed by atoms with Crippen LogP contribution < -0.4 is 14.8 Å². The molecule has 3 aromatic rings. The summed E-state index contributed by atoms with van der Waals surface area (Å²) in [6, 6.07) is 14.7. The number of piperazine rings is 1. The van der Waals surface area contributed by atoms with Crippen LogP contribution in [-0.2, 0) is 19.6 Å². The number of benzene rings is 2. The summed E-state index contributed by atoms with van der Waals surface area (Å²) in [5, 5.41) is 7.71. The lowest BCUT2D eigenvalue weighted by atomic mass is 10.1. The molecule has 0 saturated carbocycles. The molecule has 9 heteroatoms. The normalized spacial score (nSPS) is 16.3. The van der Waals surface area contributed by atoms with Crippen molar-refractivity contribution in [3.05, 3.63) is 71.8 Å². The van der Waals surface area contributed by atoms with Crippen LogP contribution in [0, 0.1) is 0 Å². The van der Waals surface area contributed by atoms with Crippen LogP contribution in [0.15, 0.2) is 60.1 Å². The Morgan fingerprint density at radius 2 is 1.79 bits per heavy atom. The third kappa shape index (κ3) is 5.25. The Kier molecular flexibility index (Phi) is 6.39. The van der Waals surface area contributed by atoms with E-state index in [0.29, 0.717) is 13.3 Å². The van der Waals surface area contributed by atoms with Crippen molar-refractivity contribution in [2.24, 2.45) is 4.99 Å². The predicted molar refractivity (Wildman–Crippen MR) is 125 cm³/mol. The van der Waals surface area contributed by atoms with Gasteiger partial charge in [-0.15, -0.1) is 0 Å². The maximum absolute atomic E-state index is 5.51. The van der Waals surface area contributed by atoms with Gasteiger partial charge in [-0.25, -0.2) is 9.67 Å². The van der Waals surface area contributed by atoms with Crippen molar-refractivity contribution in [3.63, 3.8) is 0 Å². The molecule has 0 radical (unpaired) electrons. The SMILES string of the molecule is CN=C(NCc1cccc(Cn2cncn2)c1)N1CCN(Cc2ccc3c(c2)OCO3)CC1. The Hall–Kier alpha value is -3.59. The number of aromatic nitrogens is 3. The molecule has 2 aliphatic heterocycles. The van der Waals surface area contributed by atoms with E-state index in [9.17, 15) is 0 Å². The van der Waals surface area contributed by atoms with Crippen LogP contribution in [0.25, 0.3) is 0 Å². The largest absolute Gasteiger partial charge is 0.454 e. The van der Waals surface area contributed by atoms with Gasteiger partial charge in [0, 0.05) is 46.3 Å². The van der Waals surface area contributed by atoms with Crippen LogP contribution in [0.2, 0.25) is 0 Å². The van der Waals surface area contributed by atoms with Crippen molar-refractivity contribution in [3.8, 4) is 11.5 Å². The Labute approximate surface area is 193 Å². The summed E-state index contributed by atoms with van der Waals surface area (Å²) in [4.78, 5) is 13.3. The zero-order valence-corrected chi connectivity index (χ0v) is 18.9. The average Bonchev–Trinajstić information content (AvgIpc) is 3.52. The van der Waals surface area contributed by atoms with Crippen molar-refractivity contribution in [2.75, 3.05) is 40.0 Å². The Morgan fingerprint density at radius 1 is 0.970 bits per heavy atom. The first-order valence-electron chi connectivity index (χ1n) is 11.2. The van der Waals surface area contributed by atoms with Gasteiger partial charge in [0.15, 0.2) is 17.5 Å². The number of fused-ring (bicyclic) bond motifs is 1. The fraction of sp³-hybridized carbons (Fsp3) is 0.375. The lowest BCUT2D eigenvalue weighted by Crippen LogP contribution is -2.52. The quantitative estimate of drug-likeness (QED) is 0.457. The minimum Gasteiger partial charge on any atom is -0.454 e. The predicted octanol–water partition coefficient (Wildman–Crippen LogP) is 1.95. The molecule has 2 aliphatic rings. The average molecular weight is 448 g/mol. The Morgan fingerprint density at radius 3 is 2.61 bits per heavy atom. The first-order valence-corrected chi connectivity index (χ1v) is 11.2. The first-order chi connectivity index (χ1) is 16.3. The molecule has 0 atom stereocenters. The Balaban J connectivity index is 1.11. The lowest BCUT2D eigenvalue weighted by Gasteiger charge is -2.36. The molecule has 9 nitrogen and oxygen atoms in total. The summed E-state index contributed by atoms with van der Waals surface area (Å²) < 4.78 is 12.7. The monoisotopic (exact) mass is 447 g/mol. The van der Waals surface area contributed by atoms with Crippen molar-refractivity contribution in [1.82, 2.24) is 29.9 Å². The number of hydrogen-bond acceptors (Lipinski definition) is 6. The van der Waals surface area contributed by atoms with Crippen molar-refractivity contribution in [1.29, 1.82) is 0 Å². The van der Waals surface area contributed by atoms with E-state index in [0.717, 1.165) is 56.7 Å². The second-order valence-corrected chi connectivity index (χ2v) is 8.26. The zero-order valence-electron chi connectivity index (χ0n) is 18.9. The van der Waals surface area contributed by atoms with Crippen LogP contribution >= 0.6 is 0 Å². The summed E-state index contributed by atoms with van der Waals surface area (Å²) in [7, 11) is 1.85. The number of aliphatic imine (C=N–C) groups is 1. The number of nitrogens with zero attached hydrogens (tertiary/aromatic N) is 6. The third-order valence-corrected chi connectivity index (χ3v) is 5.98. The standard InChI is InChI=1S/C24H29N7O2/c1-25-24(27-13-19-3-2-4-20(11-19)15-31-17-26-16-28-31)30-9-7-29(8-10-30)14-21-5-6-22-23(12-21)33-18-32-22/h2-6,11-12,16-17H,7-10,13-15,18H2,1H3,(H,25,27). The van der Waals surface area contributed by atoms with Gasteiger partial charge in [-0.05, 0) is 28.8 Å². The van der Waals surface area contributed by atoms with Crippen LogP contribution in [-0.4, -0.2) is 70.5 Å². The summed E-state index contributed by atoms with van der Waals surface area (Å²) in [6.45, 7) is 6.53. The molecule has 3 heterocycles. The smallest absolute Gasteiger partial charge is 0.231 e. The molecule has 2 aromatic carbocycles. The first kappa shape index (κ1) is 21.3. The highest BCUT2D eigenvalue weighted by Gasteiger charge is 2.21. The number of guanidine groups is 1. The van der Waals surface area contributed by atoms with Crippen LogP contribution in [0.4, 0.5) is 0 Å². The van der Waals surface area contributed by atoms with E-state index in [4.69, 9.17) is 9.47 Å². The summed E-state index contributed by atoms with van der Waals surface area (Å²) in [5.74, 6) is 2.63. The Bertz CT molecular complexity index is 1090. The molecular weight excluding hydrogens is 418 g/mol. The minimum atomic E-state index is 0.315. The van der Waals surface area contributed by atoms with Crippen molar-refractivity contribution in [2.45, 2.75) is 19.6 Å². The van der Waals surface area contributed by atoms with Gasteiger partial charge in [-0.2, -0.15) is 5.10 Å². The fourth-order valence-corrected chi connectivity index (χ4v) is 4.27. The number of ether oxygens (including phenoxy) is 2. The molecule has 172 valence electrons. The second-order valence-electron chi connectivity index (χ2n) is 8.26. The molecule has 1 fully saturated rings. The van der Waals surface area contributed by atoms with Crippen LogP contribution in [0.3, 0.4) is 0 Å². The molecule has 1 saturated heterocycles. The molecular formula is C24H29N7O2. The van der Waals surface area contributed by atoms with Gasteiger partial charge in [-0.1, -0.05) is 30.3 Å². The van der Waals surface area contributed by atoms with Gasteiger partial charge in [0.1, 0.15) is 12.7 Å². The third-order valence-electron chi connectivity index (χ3n) is 5.98. The topological polar surface area (TPSA) is 80.0 Å². The zero-order chi connectivity index (χ0) is 22.5. The molecule has 0 spiro atoms. The van der Waals surface area contributed by atoms with E-state index in [1.807, 2.05) is 17.8 Å². The van der Waals surface area contributed by atoms with E-state index < -0.39 is 0 Å². The molecule has 1 N–H and O–H groups in total. The summed E-state index contributed by atoms with van der Waals surface area (Å²) in [6.07, 6.45) is 3.29. The van der Waals surface area contributed by atoms with Gasteiger partial charge in [0.2, 0.25) is 6.79 Å². The maximum Gasteiger partial charge on any atom is 0.231 e. The highest BCUT2D eigenvalue weighted by molar-refractivity contribution is 5.80. The lowest BCUT2D eigenvalue weighted by molar-refractivity contribution is 0.171. The number of nitrogens with one attached hydrogen (secondary N) is 1. The van der Waals surface area contributed by atoms with Gasteiger partial charge in [-0.3, -0.25) is 9.89 Å². The fourth-order valence-electron chi connectivity index (χ4n) is 4.27. The van der Waals surface area contributed by atoms with E-state index in [1.165, 1.54) is 16.7 Å². The molecule has 0 unspecified atom stereocenters. The van der Waals surface area contributed by atoms with Crippen molar-refractivity contribution >= 4 is 5.96 Å². The second kappa shape index (κ2) is 9.91. The van der Waals surface area contributed by atoms with Gasteiger partial charge >= 0.3 is 0 Å². The highest BCUT2D eigenvalue weighted by atomic mass is 16.7. The van der Waals surface area contributed by atoms with Crippen LogP contribution in [0.1, 0.15) is 16.7 Å². The van der Waals surface area contributed by atoms with E-state index in [2.05, 4.69) is 66.6 Å². The molecule has 0 amide bonds. The van der Waals surface area contributed by atoms with E-state index in [-0.39, 0.29) is 0 Å². The summed E-state index contributed by atoms with van der Waals surface area (Å²) in [5.41, 5.74) is 3.67. The number of hydrogen-bond donors (Lipinski definition) is 1. The van der Waals surface area contributed by atoms with Gasteiger partial charge < -0.3 is 19.7 Å². The number of rotatable bonds is 6. The maximum atomic E-state index is 5.51. The molecule has 33 heavy (non-hydrogen) atoms. The summed E-state index contributed by atoms with van der Waals surface area (Å²) >= 11 is 0. The molecule has 1 aromatic heterocycles. The van der Waals surface area contributed by atoms with Crippen LogP contribution in [0.5, 0.6) is 11.5 Å². The van der Waals surface area contributed by atoms with E-state index >= 15 is 0 Å². The molecule has 0 aliphatic carbocycles. The van der Waals surface area contributed by atoms with Crippen molar-refractivity contribution < 1.29 is 9.47 Å².